The van der Waals surface area contributed by atoms with E-state index in [-0.39, 0.29) is 66.5 Å². The molecule has 54 heavy (non-hydrogen) atoms. The van der Waals surface area contributed by atoms with Gasteiger partial charge in [-0.3, -0.25) is 0 Å². The Kier molecular flexibility index (Phi) is 15.7. The molecule has 0 aliphatic carbocycles. The van der Waals surface area contributed by atoms with Gasteiger partial charge in [-0.15, -0.1) is 0 Å². The van der Waals surface area contributed by atoms with Gasteiger partial charge in [-0.05, 0) is 44.3 Å². The Morgan fingerprint density at radius 1 is 0.167 bits per heavy atom. The fourth-order valence-corrected chi connectivity index (χ4v) is 66.3. The predicted molar refractivity (Wildman–Crippen MR) is 238 cm³/mol. The summed E-state index contributed by atoms with van der Waals surface area (Å²) >= 11 is 0. The quantitative estimate of drug-likeness (QED) is 0.176. The molecular formula is C36H84O10Si8. The highest BCUT2D eigenvalue weighted by molar-refractivity contribution is 7.02. The lowest BCUT2D eigenvalue weighted by Crippen LogP contribution is -2.84. The SMILES string of the molecule is CC(C)[Si]1(C(C)C)O[Si](C(C)C)(C(C)C)O[Si@]2(C(C)C)O[Si@](C(C)C)(O1)O[Si@@]1(C(C)C)O[Si](C(C)C)(C(C)C)O[Si](C(C)C)(C(C)C)O[Si@](C(C)C)(O2)O1. The average molecular weight is 902 g/mol. The van der Waals surface area contributed by atoms with Gasteiger partial charge in [0.2, 0.25) is 0 Å². The van der Waals surface area contributed by atoms with Crippen LogP contribution in [-0.4, -0.2) is 69.5 Å². The van der Waals surface area contributed by atoms with Crippen molar-refractivity contribution in [1.29, 1.82) is 0 Å². The molecule has 0 aromatic heterocycles. The normalized spacial score (nSPS) is 33.1. The molecule has 4 bridgehead atoms. The molecule has 18 heteroatoms. The van der Waals surface area contributed by atoms with Gasteiger partial charge in [-0.2, -0.15) is 0 Å². The van der Waals surface area contributed by atoms with Crippen molar-refractivity contribution in [3.05, 3.63) is 0 Å². The summed E-state index contributed by atoms with van der Waals surface area (Å²) in [5.74, 6) is 0. The molecular weight excluding hydrogens is 817 g/mol. The van der Waals surface area contributed by atoms with Crippen molar-refractivity contribution in [2.45, 2.75) is 233 Å². The van der Waals surface area contributed by atoms with Gasteiger partial charge in [0.05, 0.1) is 0 Å². The van der Waals surface area contributed by atoms with Crippen LogP contribution in [-0.2, 0) is 41.2 Å². The molecule has 0 spiro atoms. The van der Waals surface area contributed by atoms with Gasteiger partial charge in [-0.25, -0.2) is 0 Å². The highest BCUT2D eigenvalue weighted by Gasteiger charge is 2.79. The van der Waals surface area contributed by atoms with Crippen LogP contribution in [0.1, 0.15) is 166 Å². The number of hydrogen-bond donors (Lipinski definition) is 0. The van der Waals surface area contributed by atoms with E-state index in [2.05, 4.69) is 166 Å². The van der Waals surface area contributed by atoms with Crippen LogP contribution in [0.15, 0.2) is 0 Å². The summed E-state index contributed by atoms with van der Waals surface area (Å²) in [4.78, 5) is 0. The van der Waals surface area contributed by atoms with Crippen LogP contribution < -0.4 is 0 Å². The zero-order valence-corrected chi connectivity index (χ0v) is 47.0. The van der Waals surface area contributed by atoms with Crippen molar-refractivity contribution < 1.29 is 41.2 Å². The van der Waals surface area contributed by atoms with Gasteiger partial charge in [-0.1, -0.05) is 166 Å². The van der Waals surface area contributed by atoms with Crippen LogP contribution in [0.2, 0.25) is 66.5 Å². The smallest absolute Gasteiger partial charge is 0.415 e. The molecule has 3 rings (SSSR count). The molecule has 0 amide bonds. The third kappa shape index (κ3) is 8.22. The first kappa shape index (κ1) is 49.7. The van der Waals surface area contributed by atoms with Crippen LogP contribution in [0.5, 0.6) is 0 Å². The summed E-state index contributed by atoms with van der Waals surface area (Å²) in [7, 11) is -28.5. The summed E-state index contributed by atoms with van der Waals surface area (Å²) in [5, 5.41) is 0. The first-order valence-corrected chi connectivity index (χ1v) is 36.5. The second-order valence-corrected chi connectivity index (χ2v) is 52.8. The van der Waals surface area contributed by atoms with Gasteiger partial charge in [0.15, 0.2) is 0 Å². The molecule has 0 radical (unpaired) electrons. The lowest BCUT2D eigenvalue weighted by Gasteiger charge is -2.63. The van der Waals surface area contributed by atoms with E-state index in [1.807, 2.05) is 0 Å². The highest BCUT2D eigenvalue weighted by atomic mass is 28.6. The summed E-state index contributed by atoms with van der Waals surface area (Å²) in [5.41, 5.74) is -0.0876. The third-order valence-corrected chi connectivity index (χ3v) is 54.6. The van der Waals surface area contributed by atoms with Crippen molar-refractivity contribution in [2.75, 3.05) is 0 Å². The third-order valence-electron chi connectivity index (χ3n) is 12.2. The Morgan fingerprint density at radius 2 is 0.296 bits per heavy atom. The molecule has 3 aliphatic heterocycles. The van der Waals surface area contributed by atoms with E-state index >= 15 is 0 Å². The molecule has 3 heterocycles. The van der Waals surface area contributed by atoms with E-state index in [0.29, 0.717) is 0 Å². The van der Waals surface area contributed by atoms with Crippen molar-refractivity contribution in [1.82, 2.24) is 0 Å². The maximum Gasteiger partial charge on any atom is 0.480 e. The lowest BCUT2D eigenvalue weighted by atomic mass is 10.5. The van der Waals surface area contributed by atoms with Crippen molar-refractivity contribution in [3.8, 4) is 0 Å². The largest absolute Gasteiger partial charge is 0.480 e. The fourth-order valence-electron chi connectivity index (χ4n) is 8.48. The summed E-state index contributed by atoms with van der Waals surface area (Å²) in [6.45, 7) is 53.3. The maximum atomic E-state index is 8.00. The number of rotatable bonds is 12. The summed E-state index contributed by atoms with van der Waals surface area (Å²) in [6, 6.07) is 0. The minimum atomic E-state index is -3.91. The van der Waals surface area contributed by atoms with E-state index in [1.54, 1.807) is 0 Å². The van der Waals surface area contributed by atoms with E-state index in [9.17, 15) is 0 Å². The number of hydrogen-bond acceptors (Lipinski definition) is 10. The fraction of sp³-hybridized carbons (Fsp3) is 1.00. The Bertz CT molecular complexity index is 1050. The van der Waals surface area contributed by atoms with Crippen molar-refractivity contribution in [3.63, 3.8) is 0 Å². The van der Waals surface area contributed by atoms with Crippen LogP contribution in [0.4, 0.5) is 0 Å². The van der Waals surface area contributed by atoms with Crippen LogP contribution in [0.25, 0.3) is 0 Å². The zero-order valence-electron chi connectivity index (χ0n) is 39.0. The Labute approximate surface area is 341 Å². The molecule has 320 valence electrons. The van der Waals surface area contributed by atoms with E-state index < -0.39 is 69.5 Å². The van der Waals surface area contributed by atoms with E-state index in [0.717, 1.165) is 0 Å². The first-order valence-electron chi connectivity index (χ1n) is 21.4. The standard InChI is InChI=1S/C36H84O10Si8/c1-25(2)47(26(3)4)37-48(27(5)6,28(7)8)40-52(34(19)20)43-51(39-47,33(17)18)45-53(35(21)22)41-49(29(9)10,30(11)12)38-50(31(13)14,32(15)16)42-54(44-53,46-52)36(23)24/h25-36H,1-24H3/t51-,52-,53-,54+/m0/s1. The molecule has 10 nitrogen and oxygen atoms in total. The molecule has 0 unspecified atom stereocenters. The van der Waals surface area contributed by atoms with Gasteiger partial charge < -0.3 is 41.2 Å². The molecule has 0 saturated carbocycles. The minimum Gasteiger partial charge on any atom is -0.415 e. The van der Waals surface area contributed by atoms with Gasteiger partial charge >= 0.3 is 69.5 Å². The van der Waals surface area contributed by atoms with Crippen LogP contribution in [0, 0.1) is 0 Å². The van der Waals surface area contributed by atoms with E-state index in [4.69, 9.17) is 41.2 Å². The predicted octanol–water partition coefficient (Wildman–Crippen LogP) is 12.6. The van der Waals surface area contributed by atoms with Gasteiger partial charge in [0.1, 0.15) is 0 Å². The Morgan fingerprint density at radius 3 is 0.389 bits per heavy atom. The Balaban J connectivity index is 2.73. The van der Waals surface area contributed by atoms with Crippen LogP contribution >= 0.6 is 0 Å². The van der Waals surface area contributed by atoms with Gasteiger partial charge in [0.25, 0.3) is 0 Å². The first-order chi connectivity index (χ1) is 24.4. The monoisotopic (exact) mass is 900 g/mol. The second-order valence-electron chi connectivity index (χ2n) is 20.2. The molecule has 0 aromatic carbocycles. The molecule has 0 aromatic rings. The summed E-state index contributed by atoms with van der Waals surface area (Å²) in [6.07, 6.45) is 0. The maximum absolute atomic E-state index is 8.00. The average Bonchev–Trinajstić information content (AvgIpc) is 2.98. The zero-order chi connectivity index (χ0) is 42.0. The number of fused-ring (bicyclic) bond motifs is 4. The minimum absolute atomic E-state index is 0.0792. The van der Waals surface area contributed by atoms with Crippen molar-refractivity contribution in [2.24, 2.45) is 0 Å². The molecule has 3 saturated heterocycles. The van der Waals surface area contributed by atoms with E-state index in [1.165, 1.54) is 0 Å². The Hall–Kier alpha value is 1.34. The highest BCUT2D eigenvalue weighted by Crippen LogP contribution is 2.58. The van der Waals surface area contributed by atoms with Crippen molar-refractivity contribution >= 4 is 69.5 Å². The topological polar surface area (TPSA) is 92.3 Å². The molecule has 0 atom stereocenters. The van der Waals surface area contributed by atoms with Gasteiger partial charge in [0, 0.05) is 22.2 Å². The molecule has 3 aliphatic rings. The molecule has 0 N–H and O–H groups in total. The second kappa shape index (κ2) is 17.0. The van der Waals surface area contributed by atoms with Crippen LogP contribution in [0.3, 0.4) is 0 Å². The lowest BCUT2D eigenvalue weighted by molar-refractivity contribution is 0.0274. The summed E-state index contributed by atoms with van der Waals surface area (Å²) < 4.78 is 79.8. The molecule has 3 fully saturated rings.